The third kappa shape index (κ3) is 2.59. The molecule has 0 aliphatic carbocycles. The number of H-pyrrole nitrogens is 1. The molecule has 0 radical (unpaired) electrons. The lowest BCUT2D eigenvalue weighted by molar-refractivity contribution is 0.208. The molecule has 0 aliphatic heterocycles. The summed E-state index contributed by atoms with van der Waals surface area (Å²) in [4.78, 5) is 4.41. The Bertz CT molecular complexity index is 964. The van der Waals surface area contributed by atoms with Gasteiger partial charge < -0.3 is 10.4 Å². The van der Waals surface area contributed by atoms with Gasteiger partial charge in [-0.1, -0.05) is 12.1 Å². The fraction of sp³-hybridized carbons (Fsp3) is 0.0625. The van der Waals surface area contributed by atoms with Crippen molar-refractivity contribution in [2.24, 2.45) is 0 Å². The van der Waals surface area contributed by atoms with Gasteiger partial charge >= 0.3 is 0 Å². The molecule has 4 rings (SSSR count). The van der Waals surface area contributed by atoms with Crippen molar-refractivity contribution in [3.05, 3.63) is 72.1 Å². The lowest BCUT2D eigenvalue weighted by Crippen LogP contribution is -2.11. The van der Waals surface area contributed by atoms with Crippen molar-refractivity contribution in [1.82, 2.24) is 24.8 Å². The topological polar surface area (TPSA) is 91.1 Å². The molecule has 3 heterocycles. The number of hydrogen-bond donors (Lipinski definition) is 3. The molecule has 7 nitrogen and oxygen atoms in total. The zero-order valence-corrected chi connectivity index (χ0v) is 12.4. The van der Waals surface area contributed by atoms with E-state index in [4.69, 9.17) is 0 Å². The average Bonchev–Trinajstić information content (AvgIpc) is 3.26. The molecule has 3 aromatic heterocycles. The summed E-state index contributed by atoms with van der Waals surface area (Å²) in [5, 5.41) is 24.6. The van der Waals surface area contributed by atoms with Crippen LogP contribution in [0.2, 0.25) is 0 Å². The highest BCUT2D eigenvalue weighted by molar-refractivity contribution is 5.71. The summed E-state index contributed by atoms with van der Waals surface area (Å²) >= 11 is 0. The zero-order chi connectivity index (χ0) is 16.5. The quantitative estimate of drug-likeness (QED) is 0.536. The maximum absolute atomic E-state index is 13.1. The SMILES string of the molecule is OC(c1ccc(F)cc1)c1nc(Nc2ccn[nH]2)c2cccn2n1. The van der Waals surface area contributed by atoms with Gasteiger partial charge in [0.2, 0.25) is 0 Å². The lowest BCUT2D eigenvalue weighted by Gasteiger charge is -2.13. The third-order valence-electron chi connectivity index (χ3n) is 3.59. The molecule has 0 saturated carbocycles. The van der Waals surface area contributed by atoms with Crippen molar-refractivity contribution in [3.63, 3.8) is 0 Å². The number of benzene rings is 1. The number of aromatic nitrogens is 5. The number of fused-ring (bicyclic) bond motifs is 1. The Morgan fingerprint density at radius 3 is 2.75 bits per heavy atom. The highest BCUT2D eigenvalue weighted by atomic mass is 19.1. The van der Waals surface area contributed by atoms with Crippen LogP contribution in [0.1, 0.15) is 17.5 Å². The van der Waals surface area contributed by atoms with E-state index in [-0.39, 0.29) is 11.6 Å². The Hall–Kier alpha value is -3.26. The minimum atomic E-state index is -1.07. The first-order valence-corrected chi connectivity index (χ1v) is 7.26. The second-order valence-electron chi connectivity index (χ2n) is 5.21. The number of anilines is 2. The van der Waals surface area contributed by atoms with Crippen LogP contribution in [0.25, 0.3) is 5.52 Å². The first kappa shape index (κ1) is 14.3. The number of rotatable bonds is 4. The number of hydrogen-bond acceptors (Lipinski definition) is 5. The third-order valence-corrected chi connectivity index (χ3v) is 3.59. The molecule has 0 amide bonds. The highest BCUT2D eigenvalue weighted by Crippen LogP contribution is 2.24. The molecule has 1 unspecified atom stereocenters. The summed E-state index contributed by atoms with van der Waals surface area (Å²) in [6.07, 6.45) is 2.31. The van der Waals surface area contributed by atoms with Crippen molar-refractivity contribution < 1.29 is 9.50 Å². The molecule has 0 saturated heterocycles. The van der Waals surface area contributed by atoms with Crippen LogP contribution in [0.3, 0.4) is 0 Å². The van der Waals surface area contributed by atoms with Crippen LogP contribution in [0, 0.1) is 5.82 Å². The van der Waals surface area contributed by atoms with E-state index in [1.54, 1.807) is 23.0 Å². The van der Waals surface area contributed by atoms with Gasteiger partial charge in [-0.25, -0.2) is 13.9 Å². The number of halogens is 1. The van der Waals surface area contributed by atoms with Crippen LogP contribution in [0.4, 0.5) is 16.0 Å². The van der Waals surface area contributed by atoms with Crippen molar-refractivity contribution in [1.29, 1.82) is 0 Å². The molecule has 3 N–H and O–H groups in total. The van der Waals surface area contributed by atoms with E-state index in [2.05, 4.69) is 25.6 Å². The predicted molar refractivity (Wildman–Crippen MR) is 85.3 cm³/mol. The van der Waals surface area contributed by atoms with Crippen molar-refractivity contribution in [2.45, 2.75) is 6.10 Å². The summed E-state index contributed by atoms with van der Waals surface area (Å²) in [6.45, 7) is 0. The number of aliphatic hydroxyl groups is 1. The molecule has 4 aromatic rings. The summed E-state index contributed by atoms with van der Waals surface area (Å²) in [7, 11) is 0. The molecular weight excluding hydrogens is 311 g/mol. The van der Waals surface area contributed by atoms with Gasteiger partial charge in [-0.2, -0.15) is 5.10 Å². The Labute approximate surface area is 135 Å². The number of nitrogens with zero attached hydrogens (tertiary/aromatic N) is 4. The number of aromatic amines is 1. The van der Waals surface area contributed by atoms with Crippen LogP contribution in [0.15, 0.2) is 54.9 Å². The van der Waals surface area contributed by atoms with E-state index in [1.165, 1.54) is 24.3 Å². The van der Waals surface area contributed by atoms with Crippen molar-refractivity contribution in [2.75, 3.05) is 5.32 Å². The monoisotopic (exact) mass is 324 g/mol. The molecule has 1 atom stereocenters. The highest BCUT2D eigenvalue weighted by Gasteiger charge is 2.17. The van der Waals surface area contributed by atoms with Crippen LogP contribution >= 0.6 is 0 Å². The van der Waals surface area contributed by atoms with Gasteiger partial charge in [-0.15, -0.1) is 5.10 Å². The Morgan fingerprint density at radius 1 is 1.17 bits per heavy atom. The van der Waals surface area contributed by atoms with Gasteiger partial charge in [0, 0.05) is 12.3 Å². The van der Waals surface area contributed by atoms with E-state index < -0.39 is 6.10 Å². The zero-order valence-electron chi connectivity index (χ0n) is 12.4. The average molecular weight is 324 g/mol. The molecule has 8 heteroatoms. The van der Waals surface area contributed by atoms with Crippen molar-refractivity contribution >= 4 is 17.2 Å². The fourth-order valence-electron chi connectivity index (χ4n) is 2.41. The molecule has 1 aromatic carbocycles. The molecule has 24 heavy (non-hydrogen) atoms. The molecular formula is C16H13FN6O. The van der Waals surface area contributed by atoms with Crippen LogP contribution < -0.4 is 5.32 Å². The summed E-state index contributed by atoms with van der Waals surface area (Å²) in [5.74, 6) is 1.02. The summed E-state index contributed by atoms with van der Waals surface area (Å²) < 4.78 is 14.7. The minimum absolute atomic E-state index is 0.201. The Balaban J connectivity index is 1.76. The Kier molecular flexibility index (Phi) is 3.43. The predicted octanol–water partition coefficient (Wildman–Crippen LogP) is 2.42. The lowest BCUT2D eigenvalue weighted by atomic mass is 10.1. The molecule has 0 fully saturated rings. The molecule has 0 bridgehead atoms. The van der Waals surface area contributed by atoms with Crippen LogP contribution in [0.5, 0.6) is 0 Å². The maximum atomic E-state index is 13.1. The van der Waals surface area contributed by atoms with E-state index in [9.17, 15) is 9.50 Å². The van der Waals surface area contributed by atoms with E-state index >= 15 is 0 Å². The van der Waals surface area contributed by atoms with Gasteiger partial charge in [0.05, 0.1) is 6.20 Å². The summed E-state index contributed by atoms with van der Waals surface area (Å²) in [5.41, 5.74) is 1.26. The smallest absolute Gasteiger partial charge is 0.184 e. The van der Waals surface area contributed by atoms with E-state index in [1.807, 2.05) is 12.1 Å². The van der Waals surface area contributed by atoms with Gasteiger partial charge in [0.25, 0.3) is 0 Å². The van der Waals surface area contributed by atoms with Crippen LogP contribution in [-0.4, -0.2) is 29.9 Å². The Morgan fingerprint density at radius 2 is 2.00 bits per heavy atom. The first-order valence-electron chi connectivity index (χ1n) is 7.26. The number of aliphatic hydroxyl groups excluding tert-OH is 1. The second kappa shape index (κ2) is 5.74. The molecule has 0 aliphatic rings. The van der Waals surface area contributed by atoms with Gasteiger partial charge in [-0.3, -0.25) is 5.10 Å². The van der Waals surface area contributed by atoms with E-state index in [0.717, 1.165) is 5.52 Å². The molecule has 0 spiro atoms. The van der Waals surface area contributed by atoms with Crippen LogP contribution in [-0.2, 0) is 0 Å². The maximum Gasteiger partial charge on any atom is 0.184 e. The van der Waals surface area contributed by atoms with Gasteiger partial charge in [-0.05, 0) is 29.8 Å². The largest absolute Gasteiger partial charge is 0.380 e. The number of nitrogens with one attached hydrogen (secondary N) is 2. The van der Waals surface area contributed by atoms with Gasteiger partial charge in [0.15, 0.2) is 11.6 Å². The fourth-order valence-corrected chi connectivity index (χ4v) is 2.41. The normalized spacial score (nSPS) is 12.4. The van der Waals surface area contributed by atoms with E-state index in [0.29, 0.717) is 17.2 Å². The van der Waals surface area contributed by atoms with Crippen molar-refractivity contribution in [3.8, 4) is 0 Å². The standard InChI is InChI=1S/C16H13FN6O/c17-11-5-3-10(4-6-11)14(24)16-20-15(19-13-7-8-18-21-13)12-2-1-9-23(12)22-16/h1-9,14,24H,(H2,18,19,20,21,22). The minimum Gasteiger partial charge on any atom is -0.380 e. The van der Waals surface area contributed by atoms with Gasteiger partial charge in [0.1, 0.15) is 23.3 Å². The summed E-state index contributed by atoms with van der Waals surface area (Å²) in [6, 6.07) is 11.0. The molecule has 120 valence electrons. The second-order valence-corrected chi connectivity index (χ2v) is 5.21. The first-order chi connectivity index (χ1) is 11.7.